The van der Waals surface area contributed by atoms with Crippen LogP contribution in [0.25, 0.3) is 0 Å². The Morgan fingerprint density at radius 2 is 2.14 bits per heavy atom. The van der Waals surface area contributed by atoms with Crippen molar-refractivity contribution in [3.8, 4) is 0 Å². The second-order valence-corrected chi connectivity index (χ2v) is 4.61. The molecule has 4 N–H and O–H groups in total. The average molecular weight is 257 g/mol. The van der Waals surface area contributed by atoms with Gasteiger partial charge < -0.3 is 16.2 Å². The summed E-state index contributed by atoms with van der Waals surface area (Å²) in [7, 11) is 0. The molecular formula is C10H13BrN2O. The topological polar surface area (TPSA) is 58.3 Å². The van der Waals surface area contributed by atoms with Gasteiger partial charge in [-0.3, -0.25) is 0 Å². The fraction of sp³-hybridized carbons (Fsp3) is 0.400. The highest BCUT2D eigenvalue weighted by Gasteiger charge is 2.27. The zero-order chi connectivity index (χ0) is 10.1. The second-order valence-electron chi connectivity index (χ2n) is 3.70. The van der Waals surface area contributed by atoms with Crippen molar-refractivity contribution in [2.45, 2.75) is 25.0 Å². The first-order valence-electron chi connectivity index (χ1n) is 4.65. The highest BCUT2D eigenvalue weighted by molar-refractivity contribution is 9.10. The number of aliphatic hydroxyl groups is 1. The molecule has 0 aliphatic heterocycles. The Balaban J connectivity index is 2.05. The van der Waals surface area contributed by atoms with Crippen LogP contribution < -0.4 is 11.1 Å². The number of nitrogens with one attached hydrogen (secondary N) is 1. The van der Waals surface area contributed by atoms with Crippen molar-refractivity contribution in [3.05, 3.63) is 22.7 Å². The van der Waals surface area contributed by atoms with Gasteiger partial charge in [-0.05, 0) is 31.0 Å². The number of nitrogen functional groups attached to an aromatic ring is 1. The van der Waals surface area contributed by atoms with Gasteiger partial charge in [-0.15, -0.1) is 0 Å². The molecule has 0 saturated heterocycles. The van der Waals surface area contributed by atoms with Crippen LogP contribution in [0, 0.1) is 0 Å². The molecule has 1 fully saturated rings. The molecule has 0 heterocycles. The molecule has 1 aliphatic carbocycles. The quantitative estimate of drug-likeness (QED) is 0.710. The van der Waals surface area contributed by atoms with Crippen LogP contribution in [-0.4, -0.2) is 17.3 Å². The lowest BCUT2D eigenvalue weighted by atomic mass is 9.89. The highest BCUT2D eigenvalue weighted by Crippen LogP contribution is 2.29. The standard InChI is InChI=1S/C10H13BrN2O/c11-6-1-2-9(12)10(3-6)13-7-4-8(14)5-7/h1-3,7-8,13-14H,4-5,12H2. The van der Waals surface area contributed by atoms with Crippen LogP contribution in [0.15, 0.2) is 22.7 Å². The third-order valence-corrected chi connectivity index (χ3v) is 2.98. The van der Waals surface area contributed by atoms with Crippen LogP contribution in [0.2, 0.25) is 0 Å². The SMILES string of the molecule is Nc1ccc(Br)cc1NC1CC(O)C1. The van der Waals surface area contributed by atoms with E-state index in [2.05, 4.69) is 21.2 Å². The van der Waals surface area contributed by atoms with Crippen LogP contribution in [0.3, 0.4) is 0 Å². The molecule has 0 bridgehead atoms. The molecule has 0 amide bonds. The van der Waals surface area contributed by atoms with Crippen molar-refractivity contribution in [2.24, 2.45) is 0 Å². The third kappa shape index (κ3) is 2.01. The van der Waals surface area contributed by atoms with E-state index in [0.29, 0.717) is 6.04 Å². The summed E-state index contributed by atoms with van der Waals surface area (Å²) in [5, 5.41) is 12.4. The van der Waals surface area contributed by atoms with E-state index in [4.69, 9.17) is 10.8 Å². The maximum atomic E-state index is 9.14. The first-order chi connectivity index (χ1) is 6.65. The van der Waals surface area contributed by atoms with Crippen molar-refractivity contribution in [2.75, 3.05) is 11.1 Å². The predicted octanol–water partition coefficient (Wildman–Crippen LogP) is 1.97. The van der Waals surface area contributed by atoms with Gasteiger partial charge in [0.25, 0.3) is 0 Å². The normalized spacial score (nSPS) is 25.6. The minimum atomic E-state index is -0.138. The van der Waals surface area contributed by atoms with Gasteiger partial charge in [-0.25, -0.2) is 0 Å². The molecule has 1 aliphatic rings. The lowest BCUT2D eigenvalue weighted by Gasteiger charge is -2.33. The van der Waals surface area contributed by atoms with Gasteiger partial charge in [0.2, 0.25) is 0 Å². The summed E-state index contributed by atoms with van der Waals surface area (Å²) >= 11 is 3.39. The molecule has 1 saturated carbocycles. The predicted molar refractivity (Wildman–Crippen MR) is 61.2 cm³/mol. The Hall–Kier alpha value is -0.740. The van der Waals surface area contributed by atoms with Gasteiger partial charge in [0.1, 0.15) is 0 Å². The molecular weight excluding hydrogens is 244 g/mol. The van der Waals surface area contributed by atoms with Crippen molar-refractivity contribution in [3.63, 3.8) is 0 Å². The summed E-state index contributed by atoms with van der Waals surface area (Å²) in [6.45, 7) is 0. The molecule has 76 valence electrons. The fourth-order valence-corrected chi connectivity index (χ4v) is 1.94. The average Bonchev–Trinajstić information content (AvgIpc) is 2.09. The van der Waals surface area contributed by atoms with Crippen LogP contribution >= 0.6 is 15.9 Å². The van der Waals surface area contributed by atoms with Crippen molar-refractivity contribution < 1.29 is 5.11 Å². The van der Waals surface area contributed by atoms with Gasteiger partial charge >= 0.3 is 0 Å². The molecule has 2 rings (SSSR count). The lowest BCUT2D eigenvalue weighted by molar-refractivity contribution is 0.0837. The monoisotopic (exact) mass is 256 g/mol. The van der Waals surface area contributed by atoms with E-state index in [1.54, 1.807) is 0 Å². The zero-order valence-corrected chi connectivity index (χ0v) is 9.29. The molecule has 4 heteroatoms. The maximum Gasteiger partial charge on any atom is 0.0587 e. The Kier molecular flexibility index (Phi) is 2.65. The van der Waals surface area contributed by atoms with Crippen molar-refractivity contribution in [1.29, 1.82) is 0 Å². The molecule has 1 aromatic carbocycles. The van der Waals surface area contributed by atoms with E-state index in [1.807, 2.05) is 18.2 Å². The Morgan fingerprint density at radius 1 is 1.43 bits per heavy atom. The molecule has 0 radical (unpaired) electrons. The molecule has 0 atom stereocenters. The number of rotatable bonds is 2. The minimum absolute atomic E-state index is 0.138. The van der Waals surface area contributed by atoms with E-state index < -0.39 is 0 Å². The largest absolute Gasteiger partial charge is 0.397 e. The molecule has 0 spiro atoms. The molecule has 0 unspecified atom stereocenters. The second kappa shape index (κ2) is 3.79. The van der Waals surface area contributed by atoms with Crippen LogP contribution in [0.4, 0.5) is 11.4 Å². The van der Waals surface area contributed by atoms with Gasteiger partial charge in [-0.1, -0.05) is 15.9 Å². The van der Waals surface area contributed by atoms with Crippen LogP contribution in [0.1, 0.15) is 12.8 Å². The van der Waals surface area contributed by atoms with E-state index in [0.717, 1.165) is 28.7 Å². The molecule has 14 heavy (non-hydrogen) atoms. The van der Waals surface area contributed by atoms with Gasteiger partial charge in [-0.2, -0.15) is 0 Å². The number of benzene rings is 1. The van der Waals surface area contributed by atoms with Gasteiger partial charge in [0, 0.05) is 10.5 Å². The highest BCUT2D eigenvalue weighted by atomic mass is 79.9. The van der Waals surface area contributed by atoms with E-state index in [1.165, 1.54) is 0 Å². The Morgan fingerprint density at radius 3 is 2.79 bits per heavy atom. The molecule has 1 aromatic rings. The van der Waals surface area contributed by atoms with Crippen LogP contribution in [-0.2, 0) is 0 Å². The zero-order valence-electron chi connectivity index (χ0n) is 7.70. The number of nitrogens with two attached hydrogens (primary N) is 1. The Labute approximate surface area is 91.4 Å². The number of anilines is 2. The summed E-state index contributed by atoms with van der Waals surface area (Å²) in [5.74, 6) is 0. The minimum Gasteiger partial charge on any atom is -0.397 e. The van der Waals surface area contributed by atoms with E-state index in [9.17, 15) is 0 Å². The first kappa shape index (κ1) is 9.80. The molecule has 0 aromatic heterocycles. The Bertz CT molecular complexity index is 337. The summed E-state index contributed by atoms with van der Waals surface area (Å²) in [6.07, 6.45) is 1.48. The van der Waals surface area contributed by atoms with Crippen molar-refractivity contribution >= 4 is 27.3 Å². The van der Waals surface area contributed by atoms with Crippen LogP contribution in [0.5, 0.6) is 0 Å². The first-order valence-corrected chi connectivity index (χ1v) is 5.44. The van der Waals surface area contributed by atoms with Gasteiger partial charge in [0.15, 0.2) is 0 Å². The van der Waals surface area contributed by atoms with E-state index >= 15 is 0 Å². The number of hydrogen-bond donors (Lipinski definition) is 3. The van der Waals surface area contributed by atoms with Crippen molar-refractivity contribution in [1.82, 2.24) is 0 Å². The summed E-state index contributed by atoms with van der Waals surface area (Å²) in [5.41, 5.74) is 7.49. The summed E-state index contributed by atoms with van der Waals surface area (Å²) in [4.78, 5) is 0. The fourth-order valence-electron chi connectivity index (χ4n) is 1.58. The van der Waals surface area contributed by atoms with Gasteiger partial charge in [0.05, 0.1) is 17.5 Å². The number of halogens is 1. The summed E-state index contributed by atoms with van der Waals surface area (Å²) in [6, 6.07) is 6.10. The third-order valence-electron chi connectivity index (χ3n) is 2.49. The maximum absolute atomic E-state index is 9.14. The number of hydrogen-bond acceptors (Lipinski definition) is 3. The van der Waals surface area contributed by atoms with E-state index in [-0.39, 0.29) is 6.10 Å². The smallest absolute Gasteiger partial charge is 0.0587 e. The summed E-state index contributed by atoms with van der Waals surface area (Å²) < 4.78 is 1.01. The number of aliphatic hydroxyl groups excluding tert-OH is 1. The molecule has 3 nitrogen and oxygen atoms in total. The lowest BCUT2D eigenvalue weighted by Crippen LogP contribution is -2.39.